The standard InChI is InChI=1S/C11H14BrN3O/c12-9-7-10(15-3-5-16-6-4-15)14-11(13-9)8-1-2-8/h7-8H,1-6H2. The van der Waals surface area contributed by atoms with Crippen LogP contribution < -0.4 is 4.90 Å². The lowest BCUT2D eigenvalue weighted by atomic mass is 10.3. The second-order valence-electron chi connectivity index (χ2n) is 4.28. The van der Waals surface area contributed by atoms with Gasteiger partial charge >= 0.3 is 0 Å². The summed E-state index contributed by atoms with van der Waals surface area (Å²) < 4.78 is 6.24. The van der Waals surface area contributed by atoms with Crippen molar-refractivity contribution >= 4 is 21.7 Å². The molecule has 4 nitrogen and oxygen atoms in total. The molecule has 0 amide bonds. The zero-order valence-corrected chi connectivity index (χ0v) is 10.6. The fraction of sp³-hybridized carbons (Fsp3) is 0.636. The quantitative estimate of drug-likeness (QED) is 0.778. The van der Waals surface area contributed by atoms with Gasteiger partial charge in [-0.25, -0.2) is 9.97 Å². The first-order chi connectivity index (χ1) is 7.83. The van der Waals surface area contributed by atoms with Crippen LogP contribution in [0, 0.1) is 0 Å². The lowest BCUT2D eigenvalue weighted by molar-refractivity contribution is 0.122. The van der Waals surface area contributed by atoms with Crippen LogP contribution in [0.1, 0.15) is 24.6 Å². The van der Waals surface area contributed by atoms with Crippen LogP contribution in [0.5, 0.6) is 0 Å². The number of hydrogen-bond donors (Lipinski definition) is 0. The van der Waals surface area contributed by atoms with Gasteiger partial charge in [0.15, 0.2) is 0 Å². The van der Waals surface area contributed by atoms with E-state index in [-0.39, 0.29) is 0 Å². The number of aromatic nitrogens is 2. The molecule has 86 valence electrons. The molecule has 0 spiro atoms. The molecule has 1 aromatic rings. The Morgan fingerprint density at radius 1 is 1.25 bits per heavy atom. The van der Waals surface area contributed by atoms with Crippen LogP contribution in [0.2, 0.25) is 0 Å². The predicted octanol–water partition coefficient (Wildman–Crippen LogP) is 1.95. The second kappa shape index (κ2) is 4.30. The van der Waals surface area contributed by atoms with Crippen LogP contribution >= 0.6 is 15.9 Å². The molecule has 0 unspecified atom stereocenters. The Hall–Kier alpha value is -0.680. The van der Waals surface area contributed by atoms with Gasteiger partial charge in [-0.1, -0.05) is 0 Å². The number of rotatable bonds is 2. The topological polar surface area (TPSA) is 38.2 Å². The molecule has 0 atom stereocenters. The average Bonchev–Trinajstić information content (AvgIpc) is 3.13. The fourth-order valence-corrected chi connectivity index (χ4v) is 2.29. The van der Waals surface area contributed by atoms with E-state index >= 15 is 0 Å². The zero-order valence-electron chi connectivity index (χ0n) is 9.03. The van der Waals surface area contributed by atoms with Crippen LogP contribution in [0.3, 0.4) is 0 Å². The summed E-state index contributed by atoms with van der Waals surface area (Å²) in [6.07, 6.45) is 2.47. The largest absolute Gasteiger partial charge is 0.378 e. The monoisotopic (exact) mass is 283 g/mol. The van der Waals surface area contributed by atoms with Crippen LogP contribution in [0.4, 0.5) is 5.82 Å². The highest BCUT2D eigenvalue weighted by molar-refractivity contribution is 9.10. The highest BCUT2D eigenvalue weighted by atomic mass is 79.9. The number of hydrogen-bond acceptors (Lipinski definition) is 4. The molecular formula is C11H14BrN3O. The van der Waals surface area contributed by atoms with Crippen molar-refractivity contribution in [3.05, 3.63) is 16.5 Å². The Morgan fingerprint density at radius 2 is 2.00 bits per heavy atom. The minimum absolute atomic E-state index is 0.595. The van der Waals surface area contributed by atoms with Crippen molar-refractivity contribution < 1.29 is 4.74 Å². The Bertz CT molecular complexity index is 389. The Morgan fingerprint density at radius 3 is 2.69 bits per heavy atom. The van der Waals surface area contributed by atoms with E-state index in [9.17, 15) is 0 Å². The third-order valence-electron chi connectivity index (χ3n) is 2.98. The number of morpholine rings is 1. The maximum atomic E-state index is 5.34. The minimum Gasteiger partial charge on any atom is -0.378 e. The summed E-state index contributed by atoms with van der Waals surface area (Å²) in [6, 6.07) is 2.00. The lowest BCUT2D eigenvalue weighted by Crippen LogP contribution is -2.36. The van der Waals surface area contributed by atoms with Crippen LogP contribution in [-0.4, -0.2) is 36.3 Å². The number of nitrogens with zero attached hydrogens (tertiary/aromatic N) is 3. The van der Waals surface area contributed by atoms with E-state index in [1.54, 1.807) is 0 Å². The van der Waals surface area contributed by atoms with E-state index in [1.807, 2.05) is 6.07 Å². The van der Waals surface area contributed by atoms with Gasteiger partial charge < -0.3 is 9.64 Å². The van der Waals surface area contributed by atoms with E-state index < -0.39 is 0 Å². The average molecular weight is 284 g/mol. The smallest absolute Gasteiger partial charge is 0.135 e. The van der Waals surface area contributed by atoms with Crippen molar-refractivity contribution in [1.29, 1.82) is 0 Å². The zero-order chi connectivity index (χ0) is 11.0. The molecule has 1 saturated carbocycles. The van der Waals surface area contributed by atoms with Crippen LogP contribution in [0.25, 0.3) is 0 Å². The molecule has 2 heterocycles. The van der Waals surface area contributed by atoms with Crippen molar-refractivity contribution in [2.24, 2.45) is 0 Å². The first-order valence-electron chi connectivity index (χ1n) is 5.70. The number of anilines is 1. The van der Waals surface area contributed by atoms with Gasteiger partial charge in [-0.05, 0) is 28.8 Å². The lowest BCUT2D eigenvalue weighted by Gasteiger charge is -2.28. The molecule has 0 N–H and O–H groups in total. The summed E-state index contributed by atoms with van der Waals surface area (Å²) in [5.74, 6) is 2.63. The van der Waals surface area contributed by atoms with Gasteiger partial charge in [0.1, 0.15) is 16.2 Å². The van der Waals surface area contributed by atoms with Crippen molar-refractivity contribution in [3.63, 3.8) is 0 Å². The van der Waals surface area contributed by atoms with Gasteiger partial charge in [0, 0.05) is 25.1 Å². The Balaban J connectivity index is 1.86. The maximum Gasteiger partial charge on any atom is 0.135 e. The molecule has 2 aliphatic rings. The highest BCUT2D eigenvalue weighted by Gasteiger charge is 2.28. The summed E-state index contributed by atoms with van der Waals surface area (Å²) in [6.45, 7) is 3.43. The van der Waals surface area contributed by atoms with E-state index in [0.717, 1.165) is 42.5 Å². The van der Waals surface area contributed by atoms with Crippen molar-refractivity contribution in [1.82, 2.24) is 9.97 Å². The Kier molecular flexibility index (Phi) is 2.81. The van der Waals surface area contributed by atoms with E-state index in [2.05, 4.69) is 30.8 Å². The van der Waals surface area contributed by atoms with E-state index in [1.165, 1.54) is 12.8 Å². The molecule has 0 bridgehead atoms. The van der Waals surface area contributed by atoms with E-state index in [4.69, 9.17) is 4.74 Å². The van der Waals surface area contributed by atoms with Crippen LogP contribution in [-0.2, 0) is 4.74 Å². The first-order valence-corrected chi connectivity index (χ1v) is 6.49. The maximum absolute atomic E-state index is 5.34. The molecule has 1 aliphatic carbocycles. The summed E-state index contributed by atoms with van der Waals surface area (Å²) in [5.41, 5.74) is 0. The molecular weight excluding hydrogens is 270 g/mol. The molecule has 3 rings (SSSR count). The minimum atomic E-state index is 0.595. The predicted molar refractivity (Wildman–Crippen MR) is 64.7 cm³/mol. The number of ether oxygens (including phenoxy) is 1. The second-order valence-corrected chi connectivity index (χ2v) is 5.09. The third kappa shape index (κ3) is 2.20. The van der Waals surface area contributed by atoms with Gasteiger partial charge in [-0.3, -0.25) is 0 Å². The van der Waals surface area contributed by atoms with Gasteiger partial charge in [-0.15, -0.1) is 0 Å². The van der Waals surface area contributed by atoms with Crippen LogP contribution in [0.15, 0.2) is 10.7 Å². The van der Waals surface area contributed by atoms with Crippen molar-refractivity contribution in [2.45, 2.75) is 18.8 Å². The molecule has 0 aromatic carbocycles. The molecule has 1 aliphatic heterocycles. The summed E-state index contributed by atoms with van der Waals surface area (Å²) in [4.78, 5) is 11.4. The van der Waals surface area contributed by atoms with Crippen molar-refractivity contribution in [2.75, 3.05) is 31.2 Å². The van der Waals surface area contributed by atoms with Gasteiger partial charge in [0.2, 0.25) is 0 Å². The summed E-state index contributed by atoms with van der Waals surface area (Å²) in [7, 11) is 0. The van der Waals surface area contributed by atoms with Crippen molar-refractivity contribution in [3.8, 4) is 0 Å². The first kappa shape index (κ1) is 10.5. The fourth-order valence-electron chi connectivity index (χ4n) is 1.90. The Labute approximate surface area is 103 Å². The van der Waals surface area contributed by atoms with Gasteiger partial charge in [0.25, 0.3) is 0 Å². The van der Waals surface area contributed by atoms with Gasteiger partial charge in [-0.2, -0.15) is 0 Å². The normalized spacial score (nSPS) is 21.2. The summed E-state index contributed by atoms with van der Waals surface area (Å²) in [5, 5.41) is 0. The molecule has 0 radical (unpaired) electrons. The van der Waals surface area contributed by atoms with E-state index in [0.29, 0.717) is 5.92 Å². The number of halogens is 1. The SMILES string of the molecule is Brc1cc(N2CCOCC2)nc(C2CC2)n1. The molecule has 1 saturated heterocycles. The third-order valence-corrected chi connectivity index (χ3v) is 3.38. The molecule has 5 heteroatoms. The molecule has 1 aromatic heterocycles. The highest BCUT2D eigenvalue weighted by Crippen LogP contribution is 2.39. The summed E-state index contributed by atoms with van der Waals surface area (Å²) >= 11 is 3.47. The molecule has 2 fully saturated rings. The molecule has 16 heavy (non-hydrogen) atoms. The van der Waals surface area contributed by atoms with Gasteiger partial charge in [0.05, 0.1) is 13.2 Å².